The van der Waals surface area contributed by atoms with Gasteiger partial charge in [-0.2, -0.15) is 4.99 Å². The lowest BCUT2D eigenvalue weighted by molar-refractivity contribution is -0.132. The summed E-state index contributed by atoms with van der Waals surface area (Å²) in [6, 6.07) is 0. The summed E-state index contributed by atoms with van der Waals surface area (Å²) >= 11 is 0. The van der Waals surface area contributed by atoms with Gasteiger partial charge in [0.15, 0.2) is 6.40 Å². The quantitative estimate of drug-likeness (QED) is 0.417. The molecule has 1 aliphatic heterocycles. The van der Waals surface area contributed by atoms with Crippen LogP contribution in [0, 0.1) is 0 Å². The first-order valence-electron chi connectivity index (χ1n) is 3.04. The number of carbonyl (C=O) groups is 2. The lowest BCUT2D eigenvalue weighted by Crippen LogP contribution is -2.27. The Hall–Kier alpha value is -1.45. The standard InChI is InChI=1S/C7H7NO3/c1-4(2)5(9)6-7(10)8-3-11-6/h3,6H,1H2,2H3. The first-order chi connectivity index (χ1) is 5.13. The Bertz CT molecular complexity index is 254. The van der Waals surface area contributed by atoms with Gasteiger partial charge in [-0.1, -0.05) is 6.58 Å². The zero-order chi connectivity index (χ0) is 8.43. The molecule has 0 aromatic carbocycles. The van der Waals surface area contributed by atoms with Crippen LogP contribution in [0.3, 0.4) is 0 Å². The van der Waals surface area contributed by atoms with Gasteiger partial charge in [0.1, 0.15) is 0 Å². The van der Waals surface area contributed by atoms with Crippen LogP contribution in [0.1, 0.15) is 6.92 Å². The molecule has 0 bridgehead atoms. The second-order valence-electron chi connectivity index (χ2n) is 2.23. The fourth-order valence-corrected chi connectivity index (χ4v) is 0.667. The maximum atomic E-state index is 11.0. The number of aliphatic imine (C=N–C) groups is 1. The zero-order valence-electron chi connectivity index (χ0n) is 6.03. The van der Waals surface area contributed by atoms with Gasteiger partial charge >= 0.3 is 0 Å². The van der Waals surface area contributed by atoms with Crippen molar-refractivity contribution >= 4 is 18.1 Å². The second-order valence-corrected chi connectivity index (χ2v) is 2.23. The van der Waals surface area contributed by atoms with Gasteiger partial charge in [-0.3, -0.25) is 9.59 Å². The average Bonchev–Trinajstić information content (AvgIpc) is 2.33. The number of amides is 1. The molecule has 1 unspecified atom stereocenters. The molecule has 1 amide bonds. The highest BCUT2D eigenvalue weighted by molar-refractivity contribution is 6.15. The Labute approximate surface area is 63.6 Å². The molecule has 0 radical (unpaired) electrons. The first kappa shape index (κ1) is 7.65. The maximum absolute atomic E-state index is 11.0. The van der Waals surface area contributed by atoms with E-state index in [1.165, 1.54) is 6.92 Å². The predicted octanol–water partition coefficient (Wildman–Crippen LogP) is 0.0853. The van der Waals surface area contributed by atoms with Crippen molar-refractivity contribution in [1.82, 2.24) is 0 Å². The van der Waals surface area contributed by atoms with Gasteiger partial charge in [0, 0.05) is 0 Å². The summed E-state index contributed by atoms with van der Waals surface area (Å²) in [6.07, 6.45) is -0.0964. The molecule has 4 heteroatoms. The number of nitrogens with zero attached hydrogens (tertiary/aromatic N) is 1. The third-order valence-corrected chi connectivity index (χ3v) is 1.26. The summed E-state index contributed by atoms with van der Waals surface area (Å²) < 4.78 is 4.64. The highest BCUT2D eigenvalue weighted by Gasteiger charge is 2.30. The molecule has 1 atom stereocenters. The van der Waals surface area contributed by atoms with Crippen LogP contribution >= 0.6 is 0 Å². The Morgan fingerprint density at radius 1 is 1.82 bits per heavy atom. The summed E-state index contributed by atoms with van der Waals surface area (Å²) in [5, 5.41) is 0. The smallest absolute Gasteiger partial charge is 0.297 e. The fraction of sp³-hybridized carbons (Fsp3) is 0.286. The van der Waals surface area contributed by atoms with Gasteiger partial charge in [0.2, 0.25) is 11.9 Å². The molecule has 0 spiro atoms. The molecule has 1 aliphatic rings. The van der Waals surface area contributed by atoms with Gasteiger partial charge in [-0.05, 0) is 12.5 Å². The van der Waals surface area contributed by atoms with E-state index in [2.05, 4.69) is 16.3 Å². The molecule has 11 heavy (non-hydrogen) atoms. The van der Waals surface area contributed by atoms with Crippen LogP contribution in [0.25, 0.3) is 0 Å². The molecule has 0 saturated carbocycles. The van der Waals surface area contributed by atoms with Crippen LogP contribution in [-0.4, -0.2) is 24.2 Å². The highest BCUT2D eigenvalue weighted by Crippen LogP contribution is 2.06. The number of ether oxygens (including phenoxy) is 1. The average molecular weight is 153 g/mol. The minimum atomic E-state index is -1.08. The summed E-state index contributed by atoms with van der Waals surface area (Å²) in [5.41, 5.74) is 0.300. The van der Waals surface area contributed by atoms with Crippen molar-refractivity contribution in [2.75, 3.05) is 0 Å². The lowest BCUT2D eigenvalue weighted by atomic mass is 10.1. The van der Waals surface area contributed by atoms with Crippen LogP contribution in [0.4, 0.5) is 0 Å². The van der Waals surface area contributed by atoms with E-state index < -0.39 is 17.8 Å². The normalized spacial score (nSPS) is 21.5. The summed E-state index contributed by atoms with van der Waals surface area (Å²) in [5.74, 6) is -0.967. The van der Waals surface area contributed by atoms with Crippen molar-refractivity contribution in [1.29, 1.82) is 0 Å². The number of Topliss-reactive ketones (excluding diaryl/α,β-unsaturated/α-hetero) is 1. The summed E-state index contributed by atoms with van der Waals surface area (Å²) in [7, 11) is 0. The third-order valence-electron chi connectivity index (χ3n) is 1.26. The molecule has 0 fully saturated rings. The van der Waals surface area contributed by atoms with Gasteiger partial charge in [-0.15, -0.1) is 0 Å². The molecule has 0 aromatic rings. The van der Waals surface area contributed by atoms with E-state index in [1.54, 1.807) is 0 Å². The lowest BCUT2D eigenvalue weighted by Gasteiger charge is -2.03. The van der Waals surface area contributed by atoms with Crippen LogP contribution in [0.2, 0.25) is 0 Å². The largest absolute Gasteiger partial charge is 0.462 e. The van der Waals surface area contributed by atoms with E-state index in [0.29, 0.717) is 5.57 Å². The molecule has 0 aromatic heterocycles. The summed E-state index contributed by atoms with van der Waals surface area (Å²) in [4.78, 5) is 25.0. The molecular weight excluding hydrogens is 146 g/mol. The van der Waals surface area contributed by atoms with E-state index in [1.807, 2.05) is 0 Å². The molecule has 58 valence electrons. The summed E-state index contributed by atoms with van der Waals surface area (Å²) in [6.45, 7) is 4.92. The van der Waals surface area contributed by atoms with E-state index in [-0.39, 0.29) is 0 Å². The van der Waals surface area contributed by atoms with Crippen molar-refractivity contribution in [3.63, 3.8) is 0 Å². The van der Waals surface area contributed by atoms with Crippen molar-refractivity contribution in [3.05, 3.63) is 12.2 Å². The Balaban J connectivity index is 2.71. The van der Waals surface area contributed by atoms with Gasteiger partial charge < -0.3 is 4.74 Å². The Kier molecular flexibility index (Phi) is 1.85. The molecule has 0 aliphatic carbocycles. The minimum absolute atomic E-state index is 0.300. The maximum Gasteiger partial charge on any atom is 0.297 e. The van der Waals surface area contributed by atoms with Crippen LogP contribution in [-0.2, 0) is 14.3 Å². The number of carbonyl (C=O) groups excluding carboxylic acids is 2. The first-order valence-corrected chi connectivity index (χ1v) is 3.04. The van der Waals surface area contributed by atoms with Crippen LogP contribution in [0.15, 0.2) is 17.1 Å². The van der Waals surface area contributed by atoms with E-state index in [9.17, 15) is 9.59 Å². The number of rotatable bonds is 2. The molecule has 1 heterocycles. The molecular formula is C7H7NO3. The Morgan fingerprint density at radius 2 is 2.45 bits per heavy atom. The van der Waals surface area contributed by atoms with Crippen molar-refractivity contribution in [2.24, 2.45) is 4.99 Å². The van der Waals surface area contributed by atoms with Gasteiger partial charge in [0.25, 0.3) is 5.91 Å². The molecule has 4 nitrogen and oxygen atoms in total. The monoisotopic (exact) mass is 153 g/mol. The number of hydrogen-bond acceptors (Lipinski definition) is 3. The topological polar surface area (TPSA) is 55.7 Å². The van der Waals surface area contributed by atoms with Crippen LogP contribution < -0.4 is 0 Å². The molecule has 0 N–H and O–H groups in total. The van der Waals surface area contributed by atoms with E-state index in [4.69, 9.17) is 0 Å². The van der Waals surface area contributed by atoms with Crippen molar-refractivity contribution in [2.45, 2.75) is 13.0 Å². The highest BCUT2D eigenvalue weighted by atomic mass is 16.5. The predicted molar refractivity (Wildman–Crippen MR) is 38.2 cm³/mol. The minimum Gasteiger partial charge on any atom is -0.462 e. The zero-order valence-corrected chi connectivity index (χ0v) is 6.03. The SMILES string of the molecule is C=C(C)C(=O)C1OC=NC1=O. The van der Waals surface area contributed by atoms with Crippen molar-refractivity contribution in [3.8, 4) is 0 Å². The third kappa shape index (κ3) is 1.34. The van der Waals surface area contributed by atoms with E-state index >= 15 is 0 Å². The van der Waals surface area contributed by atoms with Crippen molar-refractivity contribution < 1.29 is 14.3 Å². The molecule has 1 rings (SSSR count). The fourth-order valence-electron chi connectivity index (χ4n) is 0.667. The number of hydrogen-bond donors (Lipinski definition) is 0. The Morgan fingerprint density at radius 3 is 2.82 bits per heavy atom. The van der Waals surface area contributed by atoms with Gasteiger partial charge in [0.05, 0.1) is 0 Å². The van der Waals surface area contributed by atoms with Crippen LogP contribution in [0.5, 0.6) is 0 Å². The number of ketones is 1. The second kappa shape index (κ2) is 2.65. The molecule has 0 saturated heterocycles. The van der Waals surface area contributed by atoms with E-state index in [0.717, 1.165) is 6.40 Å². The van der Waals surface area contributed by atoms with Gasteiger partial charge in [-0.25, -0.2) is 0 Å².